The van der Waals surface area contributed by atoms with Crippen LogP contribution in [-0.4, -0.2) is 12.1 Å². The Kier molecular flexibility index (Phi) is 2.91. The van der Waals surface area contributed by atoms with E-state index in [1.807, 2.05) is 12.1 Å². The van der Waals surface area contributed by atoms with Crippen LogP contribution in [0.5, 0.6) is 17.4 Å². The molecule has 1 heterocycles. The summed E-state index contributed by atoms with van der Waals surface area (Å²) in [4.78, 5) is 4.08. The second kappa shape index (κ2) is 4.53. The minimum Gasteiger partial charge on any atom is -0.491 e. The Hall–Kier alpha value is -2.23. The zero-order chi connectivity index (χ0) is 11.4. The van der Waals surface area contributed by atoms with Crippen molar-refractivity contribution in [3.05, 3.63) is 42.6 Å². The molecule has 0 aliphatic heterocycles. The van der Waals surface area contributed by atoms with E-state index in [2.05, 4.69) is 4.98 Å². The number of hydrogen-bond donors (Lipinski definition) is 1. The lowest BCUT2D eigenvalue weighted by molar-refractivity contribution is 0.370. The summed E-state index contributed by atoms with van der Waals surface area (Å²) in [5.74, 6) is 1.55. The van der Waals surface area contributed by atoms with E-state index in [4.69, 9.17) is 15.2 Å². The fourth-order valence-corrected chi connectivity index (χ4v) is 1.29. The highest BCUT2D eigenvalue weighted by molar-refractivity contribution is 5.53. The van der Waals surface area contributed by atoms with Crippen molar-refractivity contribution < 1.29 is 9.47 Å². The molecule has 0 aliphatic carbocycles. The molecular formula is C12H12N2O2. The van der Waals surface area contributed by atoms with Gasteiger partial charge in [0, 0.05) is 6.20 Å². The van der Waals surface area contributed by atoms with Crippen LogP contribution in [0.25, 0.3) is 0 Å². The first kappa shape index (κ1) is 10.3. The second-order valence-electron chi connectivity index (χ2n) is 3.15. The molecule has 0 fully saturated rings. The fourth-order valence-electron chi connectivity index (χ4n) is 1.29. The third kappa shape index (κ3) is 2.06. The molecule has 0 saturated carbocycles. The van der Waals surface area contributed by atoms with Gasteiger partial charge in [0.2, 0.25) is 0 Å². The van der Waals surface area contributed by atoms with Crippen LogP contribution in [0.4, 0.5) is 5.69 Å². The molecule has 4 nitrogen and oxygen atoms in total. The maximum atomic E-state index is 5.77. The Morgan fingerprint density at radius 1 is 1.06 bits per heavy atom. The smallest absolute Gasteiger partial charge is 0.262 e. The SMILES string of the molecule is COc1cccnc1Oc1ccccc1N. The number of para-hydroxylation sites is 2. The van der Waals surface area contributed by atoms with E-state index in [1.54, 1.807) is 37.6 Å². The molecule has 0 amide bonds. The Bertz CT molecular complexity index is 486. The normalized spacial score (nSPS) is 9.81. The Morgan fingerprint density at radius 3 is 2.56 bits per heavy atom. The zero-order valence-corrected chi connectivity index (χ0v) is 8.88. The zero-order valence-electron chi connectivity index (χ0n) is 8.88. The van der Waals surface area contributed by atoms with E-state index in [9.17, 15) is 0 Å². The molecule has 0 spiro atoms. The Morgan fingerprint density at radius 2 is 1.81 bits per heavy atom. The van der Waals surface area contributed by atoms with E-state index in [-0.39, 0.29) is 0 Å². The van der Waals surface area contributed by atoms with Crippen LogP contribution >= 0.6 is 0 Å². The van der Waals surface area contributed by atoms with Crippen molar-refractivity contribution in [3.8, 4) is 17.4 Å². The van der Waals surface area contributed by atoms with Crippen molar-refractivity contribution in [1.82, 2.24) is 4.98 Å². The molecule has 16 heavy (non-hydrogen) atoms. The number of hydrogen-bond acceptors (Lipinski definition) is 4. The monoisotopic (exact) mass is 216 g/mol. The van der Waals surface area contributed by atoms with Crippen LogP contribution in [0, 0.1) is 0 Å². The number of ether oxygens (including phenoxy) is 2. The lowest BCUT2D eigenvalue weighted by Crippen LogP contribution is -1.95. The summed E-state index contributed by atoms with van der Waals surface area (Å²) in [6, 6.07) is 10.8. The molecule has 2 N–H and O–H groups in total. The highest BCUT2D eigenvalue weighted by Crippen LogP contribution is 2.31. The number of benzene rings is 1. The van der Waals surface area contributed by atoms with Gasteiger partial charge in [-0.2, -0.15) is 0 Å². The molecule has 0 atom stereocenters. The first-order valence-corrected chi connectivity index (χ1v) is 4.82. The molecule has 0 radical (unpaired) electrons. The van der Waals surface area contributed by atoms with Crippen molar-refractivity contribution in [2.75, 3.05) is 12.8 Å². The van der Waals surface area contributed by atoms with Gasteiger partial charge in [-0.15, -0.1) is 0 Å². The molecule has 0 bridgehead atoms. The minimum absolute atomic E-state index is 0.405. The first-order chi connectivity index (χ1) is 7.81. The van der Waals surface area contributed by atoms with Crippen LogP contribution in [0.1, 0.15) is 0 Å². The van der Waals surface area contributed by atoms with E-state index in [0.29, 0.717) is 23.1 Å². The van der Waals surface area contributed by atoms with Gasteiger partial charge in [0.05, 0.1) is 12.8 Å². The van der Waals surface area contributed by atoms with Crippen molar-refractivity contribution in [1.29, 1.82) is 0 Å². The number of rotatable bonds is 3. The van der Waals surface area contributed by atoms with Gasteiger partial charge in [0.1, 0.15) is 0 Å². The third-order valence-corrected chi connectivity index (χ3v) is 2.08. The predicted octanol–water partition coefficient (Wildman–Crippen LogP) is 2.46. The van der Waals surface area contributed by atoms with Gasteiger partial charge in [0.25, 0.3) is 5.88 Å². The van der Waals surface area contributed by atoms with Gasteiger partial charge in [-0.3, -0.25) is 0 Å². The molecule has 2 aromatic rings. The second-order valence-corrected chi connectivity index (χ2v) is 3.15. The highest BCUT2D eigenvalue weighted by atomic mass is 16.5. The quantitative estimate of drug-likeness (QED) is 0.801. The average Bonchev–Trinajstić information content (AvgIpc) is 2.33. The number of anilines is 1. The molecule has 2 rings (SSSR count). The summed E-state index contributed by atoms with van der Waals surface area (Å²) in [6.45, 7) is 0. The Labute approximate surface area is 93.6 Å². The molecule has 1 aromatic carbocycles. The van der Waals surface area contributed by atoms with Crippen LogP contribution in [0.15, 0.2) is 42.6 Å². The molecule has 1 aromatic heterocycles. The summed E-state index contributed by atoms with van der Waals surface area (Å²) in [7, 11) is 1.57. The van der Waals surface area contributed by atoms with Gasteiger partial charge in [-0.05, 0) is 24.3 Å². The lowest BCUT2D eigenvalue weighted by Gasteiger charge is -2.09. The van der Waals surface area contributed by atoms with Crippen molar-refractivity contribution in [2.24, 2.45) is 0 Å². The number of nitrogens with two attached hydrogens (primary N) is 1. The van der Waals surface area contributed by atoms with E-state index < -0.39 is 0 Å². The Balaban J connectivity index is 2.30. The standard InChI is InChI=1S/C12H12N2O2/c1-15-11-7-4-8-14-12(11)16-10-6-3-2-5-9(10)13/h2-8H,13H2,1H3. The number of nitrogens with zero attached hydrogens (tertiary/aromatic N) is 1. The largest absolute Gasteiger partial charge is 0.491 e. The topological polar surface area (TPSA) is 57.4 Å². The highest BCUT2D eigenvalue weighted by Gasteiger charge is 2.07. The lowest BCUT2D eigenvalue weighted by atomic mass is 10.3. The summed E-state index contributed by atoms with van der Waals surface area (Å²) >= 11 is 0. The van der Waals surface area contributed by atoms with Crippen molar-refractivity contribution in [2.45, 2.75) is 0 Å². The summed E-state index contributed by atoms with van der Waals surface area (Å²) < 4.78 is 10.7. The minimum atomic E-state index is 0.405. The average molecular weight is 216 g/mol. The van der Waals surface area contributed by atoms with Crippen molar-refractivity contribution in [3.63, 3.8) is 0 Å². The number of methoxy groups -OCH3 is 1. The predicted molar refractivity (Wildman–Crippen MR) is 61.7 cm³/mol. The van der Waals surface area contributed by atoms with Gasteiger partial charge in [0.15, 0.2) is 11.5 Å². The molecule has 0 aliphatic rings. The van der Waals surface area contributed by atoms with Crippen LogP contribution in [-0.2, 0) is 0 Å². The van der Waals surface area contributed by atoms with Crippen molar-refractivity contribution >= 4 is 5.69 Å². The number of pyridine rings is 1. The molecular weight excluding hydrogens is 204 g/mol. The maximum absolute atomic E-state index is 5.77. The van der Waals surface area contributed by atoms with Gasteiger partial charge < -0.3 is 15.2 Å². The van der Waals surface area contributed by atoms with Gasteiger partial charge >= 0.3 is 0 Å². The fraction of sp³-hybridized carbons (Fsp3) is 0.0833. The van der Waals surface area contributed by atoms with Crippen LogP contribution in [0.3, 0.4) is 0 Å². The molecule has 82 valence electrons. The summed E-state index contributed by atoms with van der Waals surface area (Å²) in [6.07, 6.45) is 1.64. The van der Waals surface area contributed by atoms with Crippen LogP contribution in [0.2, 0.25) is 0 Å². The number of aromatic nitrogens is 1. The number of nitrogen functional groups attached to an aromatic ring is 1. The van der Waals surface area contributed by atoms with E-state index in [1.165, 1.54) is 0 Å². The van der Waals surface area contributed by atoms with Crippen LogP contribution < -0.4 is 15.2 Å². The van der Waals surface area contributed by atoms with Gasteiger partial charge in [-0.1, -0.05) is 12.1 Å². The maximum Gasteiger partial charge on any atom is 0.262 e. The first-order valence-electron chi connectivity index (χ1n) is 4.82. The summed E-state index contributed by atoms with van der Waals surface area (Å²) in [5.41, 5.74) is 6.33. The van der Waals surface area contributed by atoms with E-state index >= 15 is 0 Å². The third-order valence-electron chi connectivity index (χ3n) is 2.08. The molecule has 0 saturated heterocycles. The van der Waals surface area contributed by atoms with Gasteiger partial charge in [-0.25, -0.2) is 4.98 Å². The summed E-state index contributed by atoms with van der Waals surface area (Å²) in [5, 5.41) is 0. The van der Waals surface area contributed by atoms with E-state index in [0.717, 1.165) is 0 Å². The molecule has 0 unspecified atom stereocenters. The molecule has 4 heteroatoms.